The molecule has 1 aromatic heterocycles. The van der Waals surface area contributed by atoms with Crippen LogP contribution in [0.3, 0.4) is 0 Å². The lowest BCUT2D eigenvalue weighted by Crippen LogP contribution is -2.34. The number of benzene rings is 1. The third-order valence-corrected chi connectivity index (χ3v) is 4.83. The molecule has 8 heteroatoms. The maximum absolute atomic E-state index is 12.4. The third-order valence-electron chi connectivity index (χ3n) is 4.34. The minimum Gasteiger partial charge on any atom is -0.356 e. The molecule has 134 valence electrons. The first-order valence-electron chi connectivity index (χ1n) is 8.32. The van der Waals surface area contributed by atoms with E-state index in [2.05, 4.69) is 36.3 Å². The van der Waals surface area contributed by atoms with Crippen LogP contribution in [0.4, 0.5) is 5.82 Å². The van der Waals surface area contributed by atoms with Crippen molar-refractivity contribution in [3.8, 4) is 0 Å². The predicted octanol–water partition coefficient (Wildman–Crippen LogP) is 1.75. The average Bonchev–Trinajstić information content (AvgIpc) is 3.14. The summed E-state index contributed by atoms with van der Waals surface area (Å²) in [6.07, 6.45) is 1.12. The number of hydrogen-bond acceptors (Lipinski definition) is 4. The molecule has 0 radical (unpaired) electrons. The van der Waals surface area contributed by atoms with Crippen LogP contribution in [-0.2, 0) is 9.59 Å². The van der Waals surface area contributed by atoms with Crippen LogP contribution in [-0.4, -0.2) is 60.6 Å². The van der Waals surface area contributed by atoms with Crippen molar-refractivity contribution in [3.63, 3.8) is 0 Å². The maximum atomic E-state index is 12.4. The molecule has 7 nitrogen and oxygen atoms in total. The Labute approximate surface area is 154 Å². The SMILES string of the molecule is CN(C)CCCNC(=O)C1CC(=O)N(c2n[nH]c3cc(Br)ccc23)C1. The second kappa shape index (κ2) is 7.53. The van der Waals surface area contributed by atoms with Crippen LogP contribution in [0.25, 0.3) is 10.9 Å². The highest BCUT2D eigenvalue weighted by Crippen LogP contribution is 2.31. The van der Waals surface area contributed by atoms with Gasteiger partial charge >= 0.3 is 0 Å². The number of fused-ring (bicyclic) bond motifs is 1. The smallest absolute Gasteiger partial charge is 0.229 e. The summed E-state index contributed by atoms with van der Waals surface area (Å²) in [5.74, 6) is 0.145. The van der Waals surface area contributed by atoms with Crippen LogP contribution in [0, 0.1) is 5.92 Å². The summed E-state index contributed by atoms with van der Waals surface area (Å²) in [4.78, 5) is 28.4. The number of carbonyl (C=O) groups is 2. The predicted molar refractivity (Wildman–Crippen MR) is 100 cm³/mol. The van der Waals surface area contributed by atoms with E-state index in [0.717, 1.165) is 28.3 Å². The first kappa shape index (κ1) is 17.9. The van der Waals surface area contributed by atoms with E-state index >= 15 is 0 Å². The van der Waals surface area contributed by atoms with E-state index < -0.39 is 0 Å². The Kier molecular flexibility index (Phi) is 5.39. The van der Waals surface area contributed by atoms with Crippen LogP contribution in [0.5, 0.6) is 0 Å². The van der Waals surface area contributed by atoms with Gasteiger partial charge in [0.25, 0.3) is 0 Å². The van der Waals surface area contributed by atoms with E-state index in [1.165, 1.54) is 0 Å². The van der Waals surface area contributed by atoms with Gasteiger partial charge in [-0.1, -0.05) is 15.9 Å². The van der Waals surface area contributed by atoms with Gasteiger partial charge in [0, 0.05) is 29.4 Å². The number of nitrogens with one attached hydrogen (secondary N) is 2. The minimum absolute atomic E-state index is 0.0582. The summed E-state index contributed by atoms with van der Waals surface area (Å²) < 4.78 is 0.943. The highest BCUT2D eigenvalue weighted by Gasteiger charge is 2.36. The number of aromatic amines is 1. The fraction of sp³-hybridized carbons (Fsp3) is 0.471. The van der Waals surface area contributed by atoms with Gasteiger partial charge in [-0.15, -0.1) is 0 Å². The number of aromatic nitrogens is 2. The minimum atomic E-state index is -0.325. The molecular weight excluding hydrogens is 386 g/mol. The molecule has 2 heterocycles. The summed E-state index contributed by atoms with van der Waals surface area (Å²) in [6.45, 7) is 1.92. The van der Waals surface area contributed by atoms with Crippen molar-refractivity contribution in [1.29, 1.82) is 0 Å². The van der Waals surface area contributed by atoms with E-state index in [1.807, 2.05) is 32.3 Å². The number of carbonyl (C=O) groups excluding carboxylic acids is 2. The molecule has 1 aliphatic heterocycles. The molecule has 1 aliphatic rings. The number of anilines is 1. The van der Waals surface area contributed by atoms with Crippen LogP contribution in [0.15, 0.2) is 22.7 Å². The summed E-state index contributed by atoms with van der Waals surface area (Å²) in [7, 11) is 4.00. The van der Waals surface area contributed by atoms with Gasteiger partial charge in [0.05, 0.1) is 11.4 Å². The molecule has 25 heavy (non-hydrogen) atoms. The highest BCUT2D eigenvalue weighted by molar-refractivity contribution is 9.10. The molecule has 1 fully saturated rings. The molecule has 1 aromatic carbocycles. The van der Waals surface area contributed by atoms with Crippen LogP contribution in [0.1, 0.15) is 12.8 Å². The van der Waals surface area contributed by atoms with Crippen molar-refractivity contribution in [3.05, 3.63) is 22.7 Å². The Hall–Kier alpha value is -1.93. The zero-order valence-corrected chi connectivity index (χ0v) is 16.0. The number of halogens is 1. The molecule has 0 bridgehead atoms. The second-order valence-electron chi connectivity index (χ2n) is 6.59. The lowest BCUT2D eigenvalue weighted by molar-refractivity contribution is -0.126. The number of H-pyrrole nitrogens is 1. The number of hydrogen-bond donors (Lipinski definition) is 2. The Morgan fingerprint density at radius 1 is 1.48 bits per heavy atom. The molecule has 0 saturated carbocycles. The molecular formula is C17H22BrN5O2. The van der Waals surface area contributed by atoms with Crippen molar-refractivity contribution in [2.75, 3.05) is 38.6 Å². The summed E-state index contributed by atoms with van der Waals surface area (Å²) >= 11 is 3.42. The van der Waals surface area contributed by atoms with Gasteiger partial charge < -0.3 is 10.2 Å². The van der Waals surface area contributed by atoms with Crippen LogP contribution >= 0.6 is 15.9 Å². The van der Waals surface area contributed by atoms with Crippen molar-refractivity contribution in [1.82, 2.24) is 20.4 Å². The van der Waals surface area contributed by atoms with Crippen LogP contribution < -0.4 is 10.2 Å². The fourth-order valence-electron chi connectivity index (χ4n) is 3.02. The van der Waals surface area contributed by atoms with E-state index in [-0.39, 0.29) is 24.2 Å². The summed E-state index contributed by atoms with van der Waals surface area (Å²) in [5, 5.41) is 11.0. The molecule has 1 unspecified atom stereocenters. The topological polar surface area (TPSA) is 81.3 Å². The summed E-state index contributed by atoms with van der Waals surface area (Å²) in [6, 6.07) is 5.75. The van der Waals surface area contributed by atoms with E-state index in [9.17, 15) is 9.59 Å². The zero-order chi connectivity index (χ0) is 18.0. The standard InChI is InChI=1S/C17H22BrN5O2/c1-22(2)7-3-6-19-17(25)11-8-15(24)23(10-11)16-13-5-4-12(18)9-14(13)20-21-16/h4-5,9,11H,3,6-8,10H2,1-2H3,(H,19,25)(H,20,21). The normalized spacial score (nSPS) is 17.7. The van der Waals surface area contributed by atoms with Crippen LogP contribution in [0.2, 0.25) is 0 Å². The Bertz CT molecular complexity index is 788. The van der Waals surface area contributed by atoms with Crippen molar-refractivity contribution in [2.24, 2.45) is 5.92 Å². The number of rotatable bonds is 6. The lowest BCUT2D eigenvalue weighted by Gasteiger charge is -2.15. The van der Waals surface area contributed by atoms with Gasteiger partial charge in [0.2, 0.25) is 11.8 Å². The first-order valence-corrected chi connectivity index (χ1v) is 9.11. The maximum Gasteiger partial charge on any atom is 0.229 e. The molecule has 1 saturated heterocycles. The van der Waals surface area contributed by atoms with Gasteiger partial charge in [-0.3, -0.25) is 19.6 Å². The van der Waals surface area contributed by atoms with Gasteiger partial charge in [0.1, 0.15) is 0 Å². The quantitative estimate of drug-likeness (QED) is 0.714. The molecule has 2 amide bonds. The molecule has 3 rings (SSSR count). The molecule has 2 aromatic rings. The number of nitrogens with zero attached hydrogens (tertiary/aromatic N) is 3. The molecule has 0 aliphatic carbocycles. The Morgan fingerprint density at radius 2 is 2.28 bits per heavy atom. The van der Waals surface area contributed by atoms with E-state index in [4.69, 9.17) is 0 Å². The molecule has 0 spiro atoms. The average molecular weight is 408 g/mol. The van der Waals surface area contributed by atoms with Gasteiger partial charge in [-0.2, -0.15) is 5.10 Å². The largest absolute Gasteiger partial charge is 0.356 e. The van der Waals surface area contributed by atoms with Gasteiger partial charge in [-0.25, -0.2) is 0 Å². The van der Waals surface area contributed by atoms with Crippen molar-refractivity contribution >= 4 is 44.5 Å². The zero-order valence-electron chi connectivity index (χ0n) is 14.4. The second-order valence-corrected chi connectivity index (χ2v) is 7.51. The van der Waals surface area contributed by atoms with Crippen molar-refractivity contribution in [2.45, 2.75) is 12.8 Å². The monoisotopic (exact) mass is 407 g/mol. The fourth-order valence-corrected chi connectivity index (χ4v) is 3.38. The van der Waals surface area contributed by atoms with E-state index in [0.29, 0.717) is 18.9 Å². The van der Waals surface area contributed by atoms with E-state index in [1.54, 1.807) is 4.90 Å². The number of amides is 2. The third kappa shape index (κ3) is 4.01. The lowest BCUT2D eigenvalue weighted by atomic mass is 10.1. The Balaban J connectivity index is 1.64. The molecule has 1 atom stereocenters. The van der Waals surface area contributed by atoms with Gasteiger partial charge in [0.15, 0.2) is 5.82 Å². The Morgan fingerprint density at radius 3 is 3.04 bits per heavy atom. The molecule has 2 N–H and O–H groups in total. The summed E-state index contributed by atoms with van der Waals surface area (Å²) in [5.41, 5.74) is 0.855. The van der Waals surface area contributed by atoms with Crippen molar-refractivity contribution < 1.29 is 9.59 Å². The highest BCUT2D eigenvalue weighted by atomic mass is 79.9. The first-order chi connectivity index (χ1) is 12.0. The van der Waals surface area contributed by atoms with Gasteiger partial charge in [-0.05, 0) is 45.3 Å².